The fourth-order valence-corrected chi connectivity index (χ4v) is 3.37. The third kappa shape index (κ3) is 12.2. The van der Waals surface area contributed by atoms with Crippen LogP contribution in [-0.4, -0.2) is 51.2 Å². The largest absolute Gasteiger partial charge is 0.397 e. The van der Waals surface area contributed by atoms with E-state index in [0.29, 0.717) is 13.2 Å². The van der Waals surface area contributed by atoms with Gasteiger partial charge in [-0.05, 0) is 19.9 Å². The van der Waals surface area contributed by atoms with Gasteiger partial charge < -0.3 is 14.8 Å². The molecule has 0 spiro atoms. The maximum Gasteiger partial charge on any atom is 0.397 e. The Morgan fingerprint density at radius 2 is 1.73 bits per heavy atom. The molecule has 156 valence electrons. The van der Waals surface area contributed by atoms with Crippen LogP contribution in [0.1, 0.15) is 78.1 Å². The standard InChI is InChI=1S/C18H37NO6S/c1-3-4-5-6-7-8-9-10-11-13-19-15-17-16-23-18(2,25-17)12-14-24-26(20,21)22/h17,19H,3-16H2,1-2H3,(H,20,21,22). The number of rotatable bonds is 16. The summed E-state index contributed by atoms with van der Waals surface area (Å²) in [5.41, 5.74) is 0. The average Bonchev–Trinajstić information content (AvgIpc) is 2.93. The van der Waals surface area contributed by atoms with Crippen molar-refractivity contribution in [3.05, 3.63) is 0 Å². The van der Waals surface area contributed by atoms with Crippen LogP contribution in [0.4, 0.5) is 0 Å². The van der Waals surface area contributed by atoms with Crippen molar-refractivity contribution in [1.82, 2.24) is 5.32 Å². The second-order valence-electron chi connectivity index (χ2n) is 7.22. The van der Waals surface area contributed by atoms with E-state index >= 15 is 0 Å². The van der Waals surface area contributed by atoms with Crippen LogP contribution < -0.4 is 5.32 Å². The maximum atomic E-state index is 10.5. The summed E-state index contributed by atoms with van der Waals surface area (Å²) >= 11 is 0. The van der Waals surface area contributed by atoms with E-state index in [1.54, 1.807) is 6.92 Å². The molecule has 1 rings (SSSR count). The lowest BCUT2D eigenvalue weighted by Gasteiger charge is -2.22. The average molecular weight is 396 g/mol. The summed E-state index contributed by atoms with van der Waals surface area (Å²) in [7, 11) is -4.41. The Balaban J connectivity index is 1.95. The Kier molecular flexibility index (Phi) is 11.9. The van der Waals surface area contributed by atoms with E-state index in [-0.39, 0.29) is 19.1 Å². The first kappa shape index (κ1) is 23.8. The molecule has 0 radical (unpaired) electrons. The molecule has 0 aliphatic carbocycles. The summed E-state index contributed by atoms with van der Waals surface area (Å²) in [6.07, 6.45) is 12.0. The molecule has 1 aliphatic heterocycles. The Labute approximate surface area is 159 Å². The van der Waals surface area contributed by atoms with Crippen LogP contribution in [0.25, 0.3) is 0 Å². The van der Waals surface area contributed by atoms with E-state index in [2.05, 4.69) is 16.4 Å². The summed E-state index contributed by atoms with van der Waals surface area (Å²) in [4.78, 5) is 0. The normalized spacial score (nSPS) is 23.6. The zero-order valence-corrected chi connectivity index (χ0v) is 17.2. The smallest absolute Gasteiger partial charge is 0.347 e. The van der Waals surface area contributed by atoms with Gasteiger partial charge in [-0.25, -0.2) is 4.18 Å². The highest BCUT2D eigenvalue weighted by molar-refractivity contribution is 7.80. The zero-order chi connectivity index (χ0) is 19.3. The molecule has 0 amide bonds. The first-order valence-corrected chi connectivity index (χ1v) is 11.4. The molecule has 0 aromatic rings. The van der Waals surface area contributed by atoms with E-state index in [9.17, 15) is 8.42 Å². The summed E-state index contributed by atoms with van der Waals surface area (Å²) in [6, 6.07) is 0. The van der Waals surface area contributed by atoms with Crippen molar-refractivity contribution in [2.24, 2.45) is 0 Å². The van der Waals surface area contributed by atoms with Crippen LogP contribution in [0.3, 0.4) is 0 Å². The molecule has 1 fully saturated rings. The highest BCUT2D eigenvalue weighted by atomic mass is 32.3. The second kappa shape index (κ2) is 13.0. The van der Waals surface area contributed by atoms with Gasteiger partial charge >= 0.3 is 10.4 Å². The van der Waals surface area contributed by atoms with Crippen LogP contribution in [0.5, 0.6) is 0 Å². The third-order valence-corrected chi connectivity index (χ3v) is 5.07. The monoisotopic (exact) mass is 395 g/mol. The first-order chi connectivity index (χ1) is 12.3. The Morgan fingerprint density at radius 3 is 2.35 bits per heavy atom. The molecular formula is C18H37NO6S. The van der Waals surface area contributed by atoms with Crippen molar-refractivity contribution >= 4 is 10.4 Å². The predicted octanol–water partition coefficient (Wildman–Crippen LogP) is 3.45. The molecule has 1 heterocycles. The van der Waals surface area contributed by atoms with Crippen molar-refractivity contribution in [3.8, 4) is 0 Å². The number of hydrogen-bond acceptors (Lipinski definition) is 6. The van der Waals surface area contributed by atoms with Gasteiger partial charge in [0.2, 0.25) is 0 Å². The van der Waals surface area contributed by atoms with Gasteiger partial charge in [0.1, 0.15) is 0 Å². The molecule has 2 unspecified atom stereocenters. The van der Waals surface area contributed by atoms with Gasteiger partial charge in [0.25, 0.3) is 0 Å². The van der Waals surface area contributed by atoms with Gasteiger partial charge in [0.05, 0.1) is 19.3 Å². The van der Waals surface area contributed by atoms with Crippen molar-refractivity contribution in [2.75, 3.05) is 26.3 Å². The minimum absolute atomic E-state index is 0.0516. The van der Waals surface area contributed by atoms with Crippen molar-refractivity contribution in [1.29, 1.82) is 0 Å². The molecule has 2 atom stereocenters. The van der Waals surface area contributed by atoms with E-state index in [1.165, 1.54) is 57.8 Å². The number of nitrogens with one attached hydrogen (secondary N) is 1. The summed E-state index contributed by atoms with van der Waals surface area (Å²) < 4.78 is 45.4. The molecule has 1 aliphatic rings. The Hall–Kier alpha value is -0.250. The lowest BCUT2D eigenvalue weighted by Crippen LogP contribution is -2.33. The fraction of sp³-hybridized carbons (Fsp3) is 1.00. The summed E-state index contributed by atoms with van der Waals surface area (Å²) in [5.74, 6) is -0.866. The highest BCUT2D eigenvalue weighted by Crippen LogP contribution is 2.26. The topological polar surface area (TPSA) is 94.1 Å². The van der Waals surface area contributed by atoms with Crippen LogP contribution in [0.2, 0.25) is 0 Å². The van der Waals surface area contributed by atoms with Gasteiger partial charge in [0, 0.05) is 13.0 Å². The minimum Gasteiger partial charge on any atom is -0.347 e. The van der Waals surface area contributed by atoms with Crippen molar-refractivity contribution in [3.63, 3.8) is 0 Å². The van der Waals surface area contributed by atoms with E-state index in [4.69, 9.17) is 14.0 Å². The molecule has 0 aromatic carbocycles. The molecule has 8 heteroatoms. The minimum atomic E-state index is -4.41. The van der Waals surface area contributed by atoms with Crippen molar-refractivity contribution in [2.45, 2.75) is 89.9 Å². The van der Waals surface area contributed by atoms with Crippen LogP contribution in [-0.2, 0) is 24.1 Å². The van der Waals surface area contributed by atoms with Gasteiger partial charge in [-0.15, -0.1) is 0 Å². The molecule has 7 nitrogen and oxygen atoms in total. The van der Waals surface area contributed by atoms with Crippen molar-refractivity contribution < 1.29 is 26.6 Å². The van der Waals surface area contributed by atoms with Gasteiger partial charge in [-0.1, -0.05) is 58.3 Å². The number of unbranched alkanes of at least 4 members (excludes halogenated alkanes) is 8. The van der Waals surface area contributed by atoms with Gasteiger partial charge in [0.15, 0.2) is 5.79 Å². The molecule has 2 N–H and O–H groups in total. The van der Waals surface area contributed by atoms with Crippen LogP contribution >= 0.6 is 0 Å². The lowest BCUT2D eigenvalue weighted by molar-refractivity contribution is -0.161. The Morgan fingerprint density at radius 1 is 1.12 bits per heavy atom. The Bertz CT molecular complexity index is 459. The summed E-state index contributed by atoms with van der Waals surface area (Å²) in [6.45, 7) is 5.97. The first-order valence-electron chi connectivity index (χ1n) is 9.99. The number of ether oxygens (including phenoxy) is 2. The molecular weight excluding hydrogens is 358 g/mol. The number of hydrogen-bond donors (Lipinski definition) is 2. The molecule has 0 saturated carbocycles. The molecule has 26 heavy (non-hydrogen) atoms. The zero-order valence-electron chi connectivity index (χ0n) is 16.4. The van der Waals surface area contributed by atoms with E-state index < -0.39 is 16.2 Å². The fourth-order valence-electron chi connectivity index (χ4n) is 3.08. The van der Waals surface area contributed by atoms with E-state index in [1.807, 2.05) is 0 Å². The quantitative estimate of drug-likeness (QED) is 0.305. The maximum absolute atomic E-state index is 10.5. The van der Waals surface area contributed by atoms with Gasteiger partial charge in [-0.3, -0.25) is 4.55 Å². The van der Waals surface area contributed by atoms with Crippen LogP contribution in [0.15, 0.2) is 0 Å². The lowest BCUT2D eigenvalue weighted by atomic mass is 10.1. The predicted molar refractivity (Wildman–Crippen MR) is 101 cm³/mol. The summed E-state index contributed by atoms with van der Waals surface area (Å²) in [5, 5.41) is 3.39. The molecule has 1 saturated heterocycles. The SMILES string of the molecule is CCCCCCCCCCCNCC1COC(C)(CCOS(=O)(=O)O)O1. The van der Waals surface area contributed by atoms with Crippen LogP contribution in [0, 0.1) is 0 Å². The van der Waals surface area contributed by atoms with Gasteiger partial charge in [-0.2, -0.15) is 8.42 Å². The highest BCUT2D eigenvalue weighted by Gasteiger charge is 2.36. The second-order valence-corrected chi connectivity index (χ2v) is 8.31. The molecule has 0 bridgehead atoms. The third-order valence-electron chi connectivity index (χ3n) is 4.61. The molecule has 0 aromatic heterocycles. The van der Waals surface area contributed by atoms with E-state index in [0.717, 1.165) is 6.54 Å².